The third-order valence-electron chi connectivity index (χ3n) is 23.4. The molecule has 0 spiro atoms. The molecule has 0 aliphatic carbocycles. The van der Waals surface area contributed by atoms with Crippen molar-refractivity contribution in [3.8, 4) is 0 Å². The van der Waals surface area contributed by atoms with Gasteiger partial charge in [-0.1, -0.05) is 75.7 Å². The second kappa shape index (κ2) is 77.5. The molecule has 0 radical (unpaired) electrons. The van der Waals surface area contributed by atoms with E-state index in [4.69, 9.17) is 25.0 Å². The second-order valence-corrected chi connectivity index (χ2v) is 36.7. The molecule has 11 saturated heterocycles. The van der Waals surface area contributed by atoms with Crippen molar-refractivity contribution in [2.75, 3.05) is 236 Å². The molecule has 9 aromatic rings. The number of furan rings is 2. The first kappa shape index (κ1) is 116. The molecule has 130 heavy (non-hydrogen) atoms. The highest BCUT2D eigenvalue weighted by Crippen LogP contribution is 2.23. The summed E-state index contributed by atoms with van der Waals surface area (Å²) in [5, 5.41) is 6.55. The van der Waals surface area contributed by atoms with Crippen LogP contribution in [0.3, 0.4) is 0 Å². The predicted molar refractivity (Wildman–Crippen MR) is 554 cm³/mol. The molecule has 730 valence electrons. The molecule has 0 unspecified atom stereocenters. The molecular weight excluding hydrogens is 1610 g/mol. The van der Waals surface area contributed by atoms with Crippen molar-refractivity contribution in [3.05, 3.63) is 242 Å². The van der Waals surface area contributed by atoms with E-state index in [0.717, 1.165) is 94.5 Å². The van der Waals surface area contributed by atoms with Crippen molar-refractivity contribution in [3.63, 3.8) is 0 Å². The normalized spacial score (nSPS) is 18.5. The van der Waals surface area contributed by atoms with Crippen LogP contribution in [0.15, 0.2) is 223 Å². The zero-order valence-electron chi connectivity index (χ0n) is 84.8. The summed E-state index contributed by atoms with van der Waals surface area (Å²) in [7, 11) is 21.2. The van der Waals surface area contributed by atoms with Gasteiger partial charge in [0.1, 0.15) is 5.76 Å². The van der Waals surface area contributed by atoms with E-state index < -0.39 is 0 Å². The lowest BCUT2D eigenvalue weighted by Crippen LogP contribution is -2.44. The molecule has 0 amide bonds. The average Bonchev–Trinajstić information content (AvgIpc) is 0.954. The van der Waals surface area contributed by atoms with Gasteiger partial charge in [0.15, 0.2) is 0 Å². The number of anilines is 2. The van der Waals surface area contributed by atoms with E-state index in [1.807, 2.05) is 155 Å². The Morgan fingerprint density at radius 3 is 1.02 bits per heavy atom. The SMILES string of the molecule is CC1CCN(C)CC1.CC1CCN(c2ccccc2)CC1.CC1CCNCC1.CN1CC1.CN1CCC(N)CC1.CN1CCC1.CN1CCCC1.CN1CCCCC1.CN1CCN(c2ccccc2)CC1.CN1CCOCC1.Cc1ccccn1.Cc1cccnc1.Cc1ccco1.Cc1ccncc1.Cc1ccoc1.Cn1cccc1.Cn1ccnc1.NC1CCNCC1. The molecule has 7 aromatic heterocycles. The average molecular weight is 1800 g/mol. The number of para-hydroxylation sites is 2. The van der Waals surface area contributed by atoms with Crippen LogP contribution in [0.2, 0.25) is 0 Å². The number of nitrogens with zero attached hydrogens (tertiary/aromatic N) is 16. The second-order valence-electron chi connectivity index (χ2n) is 36.7. The number of hydrogen-bond acceptors (Lipinski definition) is 21. The van der Waals surface area contributed by atoms with Crippen LogP contribution >= 0.6 is 0 Å². The van der Waals surface area contributed by atoms with Crippen molar-refractivity contribution < 1.29 is 13.6 Å². The Hall–Kier alpha value is -7.98. The van der Waals surface area contributed by atoms with Gasteiger partial charge in [-0.15, -0.1) is 0 Å². The summed E-state index contributed by atoms with van der Waals surface area (Å²) in [6.45, 7) is 48.3. The first-order valence-electron chi connectivity index (χ1n) is 49.0. The number of morpholine rings is 1. The molecule has 11 aliphatic heterocycles. The van der Waals surface area contributed by atoms with E-state index in [0.29, 0.717) is 12.1 Å². The fraction of sp³-hybridized carbons (Fsp3) is 0.607. The number of benzene rings is 2. The molecule has 20 rings (SSSR count). The highest BCUT2D eigenvalue weighted by Gasteiger charge is 2.18. The summed E-state index contributed by atoms with van der Waals surface area (Å²) in [6, 6.07) is 45.8. The number of likely N-dealkylation sites (N-methyl/N-ethyl adjacent to an activating group) is 3. The van der Waals surface area contributed by atoms with Crippen LogP contribution in [0, 0.1) is 52.4 Å². The first-order chi connectivity index (χ1) is 62.8. The summed E-state index contributed by atoms with van der Waals surface area (Å²) in [4.78, 5) is 39.1. The quantitative estimate of drug-likeness (QED) is 0.119. The molecule has 18 heterocycles. The van der Waals surface area contributed by atoms with Crippen LogP contribution in [0.5, 0.6) is 0 Å². The number of rotatable bonds is 2. The van der Waals surface area contributed by atoms with Crippen molar-refractivity contribution in [2.45, 2.75) is 170 Å². The monoisotopic (exact) mass is 1800 g/mol. The summed E-state index contributed by atoms with van der Waals surface area (Å²) >= 11 is 0. The van der Waals surface area contributed by atoms with Crippen LogP contribution in [-0.4, -0.2) is 307 Å². The van der Waals surface area contributed by atoms with Crippen LogP contribution < -0.4 is 31.9 Å². The fourth-order valence-electron chi connectivity index (χ4n) is 13.5. The lowest BCUT2D eigenvalue weighted by atomic mass is 9.99. The maximum absolute atomic E-state index is 5.67. The Labute approximate surface area is 791 Å². The fourth-order valence-corrected chi connectivity index (χ4v) is 13.5. The number of piperazine rings is 1. The number of piperidine rings is 6. The Morgan fingerprint density at radius 2 is 0.769 bits per heavy atom. The summed E-state index contributed by atoms with van der Waals surface area (Å²) in [5.74, 6) is 3.84. The van der Waals surface area contributed by atoms with Gasteiger partial charge in [-0.25, -0.2) is 4.98 Å². The van der Waals surface area contributed by atoms with Gasteiger partial charge in [0.25, 0.3) is 0 Å². The van der Waals surface area contributed by atoms with Crippen LogP contribution in [0.4, 0.5) is 11.4 Å². The van der Waals surface area contributed by atoms with Gasteiger partial charge in [0, 0.05) is 164 Å². The van der Waals surface area contributed by atoms with E-state index >= 15 is 0 Å². The van der Waals surface area contributed by atoms with Crippen molar-refractivity contribution in [1.82, 2.24) is 78.9 Å². The van der Waals surface area contributed by atoms with E-state index in [2.05, 4.69) is 217 Å². The van der Waals surface area contributed by atoms with Crippen LogP contribution in [-0.2, 0) is 18.8 Å². The Bertz CT molecular complexity index is 3350. The number of hydrogen-bond donors (Lipinski definition) is 4. The summed E-state index contributed by atoms with van der Waals surface area (Å²) in [6.07, 6.45) is 44.8. The molecule has 11 fully saturated rings. The van der Waals surface area contributed by atoms with Gasteiger partial charge in [-0.05, 0) is 398 Å². The number of pyridine rings is 3. The number of imidazole rings is 1. The minimum atomic E-state index is 0.473. The van der Waals surface area contributed by atoms with Crippen molar-refractivity contribution >= 4 is 11.4 Å². The highest BCUT2D eigenvalue weighted by molar-refractivity contribution is 5.47. The number of aryl methyl sites for hydroxylation is 7. The predicted octanol–water partition coefficient (Wildman–Crippen LogP) is 17.3. The van der Waals surface area contributed by atoms with Gasteiger partial charge in [0.2, 0.25) is 0 Å². The number of aromatic nitrogens is 6. The maximum Gasteiger partial charge on any atom is 0.100 e. The Balaban J connectivity index is 0.000000357. The van der Waals surface area contributed by atoms with E-state index in [-0.39, 0.29) is 0 Å². The maximum atomic E-state index is 5.67. The minimum Gasteiger partial charge on any atom is -0.472 e. The lowest BCUT2D eigenvalue weighted by Gasteiger charge is -2.33. The topological polar surface area (TPSA) is 205 Å². The summed E-state index contributed by atoms with van der Waals surface area (Å²) in [5.41, 5.74) is 18.7. The third-order valence-corrected chi connectivity index (χ3v) is 23.4. The van der Waals surface area contributed by atoms with Crippen molar-refractivity contribution in [1.29, 1.82) is 0 Å². The molecule has 0 atom stereocenters. The zero-order chi connectivity index (χ0) is 94.7. The molecule has 23 heteroatoms. The number of ether oxygens (including phenoxy) is 1. The standard InChI is InChI=1S/C12H17N.C11H16N2.C7H15N.C6H14N2.C6H13N.2C6H7N.C6H13N.C6H7N.C5H12N2.C5H11NO.C5H11N.C5H7N.2C5H6O.C4H6N2.C4H9N.C3H7N/c1-11-7-9-13(10-8-11)12-5-3-2-4-6-12;1-12-7-9-13(10-8-12)11-5-3-2-4-6-11;1-7-3-5-8(2)6-4-7;1-8-4-2-6(7)3-5-8;2*1-6-2-4-7-5-3-6;1-6-3-2-4-7-5-6;1-7-5-3-2-4-6-7;1-6-4-2-3-5-7-6;6-5-1-3-7-4-2-5;1-6-2-4-7-5-3-6;2*1-6-4-2-3-5-6;1-5-2-3-6-4-5;1-5-3-2-4-6-5;1-6-3-2-5-4-6;1-5-3-2-4-5;1-4-2-3-4/h2-6,11H,7-10H2,1H3;2-6H,7-10H2,1H3;7H,3-6H2,1-2H3;6H,2-5,7H2,1H3;6-7H,2-5H2,1H3;2*2-5H,1H3;2-6H2,1H3;2-5H,1H3;5,7H,1-4,6H2;2-5H2,1H3;2-5H2,1H3;2-5H,1H3;3*2-4H,1H3;2-4H2,1H3;2-3H2,1H3. The molecule has 2 aromatic carbocycles. The van der Waals surface area contributed by atoms with E-state index in [9.17, 15) is 0 Å². The highest BCUT2D eigenvalue weighted by atomic mass is 16.5. The van der Waals surface area contributed by atoms with Gasteiger partial charge < -0.3 is 93.8 Å². The van der Waals surface area contributed by atoms with Gasteiger partial charge in [-0.3, -0.25) is 15.0 Å². The first-order valence-corrected chi connectivity index (χ1v) is 49.0. The van der Waals surface area contributed by atoms with Gasteiger partial charge in [0.05, 0.1) is 38.3 Å². The van der Waals surface area contributed by atoms with E-state index in [1.54, 1.807) is 56.1 Å². The molecule has 23 nitrogen and oxygen atoms in total. The van der Waals surface area contributed by atoms with Gasteiger partial charge in [-0.2, -0.15) is 0 Å². The smallest absolute Gasteiger partial charge is 0.100 e. The Morgan fingerprint density at radius 1 is 0.323 bits per heavy atom. The van der Waals surface area contributed by atoms with Crippen LogP contribution in [0.1, 0.15) is 152 Å². The lowest BCUT2D eigenvalue weighted by molar-refractivity contribution is 0.0503. The van der Waals surface area contributed by atoms with Crippen LogP contribution in [0.25, 0.3) is 0 Å². The summed E-state index contributed by atoms with van der Waals surface area (Å²) < 4.78 is 18.5. The van der Waals surface area contributed by atoms with Gasteiger partial charge >= 0.3 is 0 Å². The minimum absolute atomic E-state index is 0.473. The molecular formula is C107H184N20O3. The number of likely N-dealkylation sites (tertiary alicyclic amines) is 5. The number of nitrogens with one attached hydrogen (secondary N) is 2. The molecule has 6 N–H and O–H groups in total. The van der Waals surface area contributed by atoms with Crippen molar-refractivity contribution in [2.24, 2.45) is 43.3 Å². The molecule has 0 bridgehead atoms. The molecule has 11 aliphatic rings. The Kier molecular flexibility index (Phi) is 69.2. The van der Waals surface area contributed by atoms with E-state index in [1.165, 1.54) is 236 Å². The third kappa shape index (κ3) is 69.8. The zero-order valence-corrected chi connectivity index (χ0v) is 84.8. The number of nitrogens with two attached hydrogens (primary N) is 2. The largest absolute Gasteiger partial charge is 0.472 e. The molecule has 0 saturated carbocycles.